The molecule has 0 bridgehead atoms. The van der Waals surface area contributed by atoms with Gasteiger partial charge in [-0.1, -0.05) is 11.6 Å². The van der Waals surface area contributed by atoms with Crippen LogP contribution in [0.5, 0.6) is 0 Å². The summed E-state index contributed by atoms with van der Waals surface area (Å²) < 4.78 is 4.05. The first kappa shape index (κ1) is 12.0. The maximum Gasteiger partial charge on any atom is 0.254 e. The monoisotopic (exact) mass is 267 g/mol. The van der Waals surface area contributed by atoms with Gasteiger partial charge in [-0.05, 0) is 30.6 Å². The predicted octanol–water partition coefficient (Wildman–Crippen LogP) is 2.43. The predicted molar refractivity (Wildman–Crippen MR) is 67.3 cm³/mol. The van der Waals surface area contributed by atoms with Gasteiger partial charge in [0.2, 0.25) is 0 Å². The van der Waals surface area contributed by atoms with E-state index in [1.54, 1.807) is 23.7 Å². The van der Waals surface area contributed by atoms with Crippen molar-refractivity contribution in [1.82, 2.24) is 14.7 Å². The minimum atomic E-state index is -0.141. The lowest BCUT2D eigenvalue weighted by Gasteiger charge is -2.04. The molecule has 0 aliphatic carbocycles. The van der Waals surface area contributed by atoms with Gasteiger partial charge in [0.05, 0.1) is 23.5 Å². The Morgan fingerprint density at radius 2 is 2.41 bits per heavy atom. The standard InChI is InChI=1S/C11H10ClN3OS/c1-7-10(6-17-15-7)11(16)14-5-9-4-8(12)2-3-13-9/h2-4,6H,5H2,1H3,(H,14,16). The lowest BCUT2D eigenvalue weighted by atomic mass is 10.2. The van der Waals surface area contributed by atoms with Gasteiger partial charge in [0.25, 0.3) is 5.91 Å². The first-order chi connectivity index (χ1) is 8.16. The Morgan fingerprint density at radius 1 is 1.59 bits per heavy atom. The summed E-state index contributed by atoms with van der Waals surface area (Å²) in [5.74, 6) is -0.141. The molecule has 0 saturated carbocycles. The van der Waals surface area contributed by atoms with Gasteiger partial charge < -0.3 is 5.32 Å². The van der Waals surface area contributed by atoms with E-state index in [4.69, 9.17) is 11.6 Å². The molecule has 2 aromatic heterocycles. The zero-order valence-corrected chi connectivity index (χ0v) is 10.7. The van der Waals surface area contributed by atoms with E-state index in [2.05, 4.69) is 14.7 Å². The topological polar surface area (TPSA) is 54.9 Å². The number of nitrogens with zero attached hydrogens (tertiary/aromatic N) is 2. The molecular weight excluding hydrogens is 258 g/mol. The fraction of sp³-hybridized carbons (Fsp3) is 0.182. The summed E-state index contributed by atoms with van der Waals surface area (Å²) in [7, 11) is 0. The number of carbonyl (C=O) groups excluding carboxylic acids is 1. The Kier molecular flexibility index (Phi) is 3.71. The van der Waals surface area contributed by atoms with Crippen molar-refractivity contribution in [2.75, 3.05) is 0 Å². The van der Waals surface area contributed by atoms with Gasteiger partial charge in [0, 0.05) is 16.6 Å². The lowest BCUT2D eigenvalue weighted by molar-refractivity contribution is 0.0950. The minimum Gasteiger partial charge on any atom is -0.346 e. The van der Waals surface area contributed by atoms with Gasteiger partial charge in [0.1, 0.15) is 0 Å². The summed E-state index contributed by atoms with van der Waals surface area (Å²) >= 11 is 7.09. The average molecular weight is 268 g/mol. The smallest absolute Gasteiger partial charge is 0.254 e. The number of hydrogen-bond acceptors (Lipinski definition) is 4. The van der Waals surface area contributed by atoms with Crippen molar-refractivity contribution in [3.63, 3.8) is 0 Å². The van der Waals surface area contributed by atoms with E-state index in [0.717, 1.165) is 11.4 Å². The number of carbonyl (C=O) groups is 1. The van der Waals surface area contributed by atoms with E-state index in [0.29, 0.717) is 17.1 Å². The highest BCUT2D eigenvalue weighted by Crippen LogP contribution is 2.10. The van der Waals surface area contributed by atoms with E-state index in [-0.39, 0.29) is 5.91 Å². The molecule has 1 N–H and O–H groups in total. The summed E-state index contributed by atoms with van der Waals surface area (Å²) in [4.78, 5) is 15.9. The maximum atomic E-state index is 11.8. The number of nitrogens with one attached hydrogen (secondary N) is 1. The molecule has 0 fully saturated rings. The highest BCUT2D eigenvalue weighted by Gasteiger charge is 2.10. The highest BCUT2D eigenvalue weighted by atomic mass is 35.5. The number of halogens is 1. The third-order valence-corrected chi connectivity index (χ3v) is 3.16. The van der Waals surface area contributed by atoms with E-state index >= 15 is 0 Å². The lowest BCUT2D eigenvalue weighted by Crippen LogP contribution is -2.23. The first-order valence-electron chi connectivity index (χ1n) is 4.96. The van der Waals surface area contributed by atoms with E-state index < -0.39 is 0 Å². The van der Waals surface area contributed by atoms with E-state index in [9.17, 15) is 4.79 Å². The number of rotatable bonds is 3. The molecule has 4 nitrogen and oxygen atoms in total. The SMILES string of the molecule is Cc1nscc1C(=O)NCc1cc(Cl)ccn1. The van der Waals surface area contributed by atoms with Crippen LogP contribution in [0.1, 0.15) is 21.7 Å². The third kappa shape index (κ3) is 3.01. The van der Waals surface area contributed by atoms with Crippen LogP contribution in [-0.4, -0.2) is 15.3 Å². The normalized spacial score (nSPS) is 10.2. The molecule has 6 heteroatoms. The zero-order valence-electron chi connectivity index (χ0n) is 9.11. The number of aryl methyl sites for hydroxylation is 1. The molecule has 88 valence electrons. The molecule has 0 saturated heterocycles. The van der Waals surface area contributed by atoms with Gasteiger partial charge in [0.15, 0.2) is 0 Å². The second-order valence-electron chi connectivity index (χ2n) is 3.46. The number of pyridine rings is 1. The third-order valence-electron chi connectivity index (χ3n) is 2.20. The van der Waals surface area contributed by atoms with Crippen LogP contribution in [0.25, 0.3) is 0 Å². The fourth-order valence-corrected chi connectivity index (χ4v) is 2.20. The maximum absolute atomic E-state index is 11.8. The second kappa shape index (κ2) is 5.25. The quantitative estimate of drug-likeness (QED) is 0.929. The van der Waals surface area contributed by atoms with Crippen molar-refractivity contribution in [1.29, 1.82) is 0 Å². The van der Waals surface area contributed by atoms with Crippen molar-refractivity contribution in [3.8, 4) is 0 Å². The van der Waals surface area contributed by atoms with Gasteiger partial charge >= 0.3 is 0 Å². The molecule has 0 unspecified atom stereocenters. The van der Waals surface area contributed by atoms with Crippen LogP contribution in [-0.2, 0) is 6.54 Å². The number of aromatic nitrogens is 2. The van der Waals surface area contributed by atoms with Crippen LogP contribution in [0, 0.1) is 6.92 Å². The first-order valence-corrected chi connectivity index (χ1v) is 6.18. The molecule has 2 rings (SSSR count). The Balaban J connectivity index is 1.99. The molecule has 0 spiro atoms. The highest BCUT2D eigenvalue weighted by molar-refractivity contribution is 7.03. The van der Waals surface area contributed by atoms with Crippen LogP contribution >= 0.6 is 23.1 Å². The van der Waals surface area contributed by atoms with Crippen LogP contribution in [0.2, 0.25) is 5.02 Å². The summed E-state index contributed by atoms with van der Waals surface area (Å²) in [6.07, 6.45) is 1.61. The van der Waals surface area contributed by atoms with Crippen molar-refractivity contribution < 1.29 is 4.79 Å². The minimum absolute atomic E-state index is 0.141. The molecular formula is C11H10ClN3OS. The molecule has 0 aromatic carbocycles. The van der Waals surface area contributed by atoms with Gasteiger partial charge in [-0.2, -0.15) is 4.37 Å². The van der Waals surface area contributed by atoms with Crippen LogP contribution in [0.15, 0.2) is 23.7 Å². The summed E-state index contributed by atoms with van der Waals surface area (Å²) in [5.41, 5.74) is 2.08. The Hall–Kier alpha value is -1.46. The largest absolute Gasteiger partial charge is 0.346 e. The Bertz CT molecular complexity index is 541. The van der Waals surface area contributed by atoms with Crippen LogP contribution in [0.4, 0.5) is 0 Å². The second-order valence-corrected chi connectivity index (χ2v) is 4.53. The zero-order chi connectivity index (χ0) is 12.3. The molecule has 0 aliphatic heterocycles. The molecule has 1 amide bonds. The number of hydrogen-bond donors (Lipinski definition) is 1. The van der Waals surface area contributed by atoms with Crippen LogP contribution in [0.3, 0.4) is 0 Å². The molecule has 17 heavy (non-hydrogen) atoms. The fourth-order valence-electron chi connectivity index (χ4n) is 1.32. The summed E-state index contributed by atoms with van der Waals surface area (Å²) in [6.45, 7) is 2.16. The Labute approximate surface area is 108 Å². The van der Waals surface area contributed by atoms with Gasteiger partial charge in [-0.15, -0.1) is 0 Å². The molecule has 2 aromatic rings. The van der Waals surface area contributed by atoms with Crippen molar-refractivity contribution in [2.24, 2.45) is 0 Å². The molecule has 0 atom stereocenters. The van der Waals surface area contributed by atoms with Crippen molar-refractivity contribution in [3.05, 3.63) is 45.7 Å². The van der Waals surface area contributed by atoms with Crippen LogP contribution < -0.4 is 5.32 Å². The van der Waals surface area contributed by atoms with Crippen molar-refractivity contribution >= 4 is 29.0 Å². The Morgan fingerprint density at radius 3 is 3.06 bits per heavy atom. The van der Waals surface area contributed by atoms with Crippen molar-refractivity contribution in [2.45, 2.75) is 13.5 Å². The summed E-state index contributed by atoms with van der Waals surface area (Å²) in [5, 5.41) is 5.12. The molecule has 0 aliphatic rings. The van der Waals surface area contributed by atoms with E-state index in [1.165, 1.54) is 11.5 Å². The summed E-state index contributed by atoms with van der Waals surface area (Å²) in [6, 6.07) is 3.42. The van der Waals surface area contributed by atoms with Gasteiger partial charge in [-0.3, -0.25) is 9.78 Å². The van der Waals surface area contributed by atoms with Gasteiger partial charge in [-0.25, -0.2) is 0 Å². The number of amides is 1. The average Bonchev–Trinajstić information content (AvgIpc) is 2.72. The molecule has 0 radical (unpaired) electrons. The van der Waals surface area contributed by atoms with E-state index in [1.807, 2.05) is 6.92 Å². The molecule has 2 heterocycles.